The summed E-state index contributed by atoms with van der Waals surface area (Å²) < 4.78 is 5.74. The Morgan fingerprint density at radius 1 is 1.39 bits per heavy atom. The van der Waals surface area contributed by atoms with Gasteiger partial charge in [0, 0.05) is 0 Å². The summed E-state index contributed by atoms with van der Waals surface area (Å²) in [7, 11) is 1.81. The third kappa shape index (κ3) is 4.05. The Labute approximate surface area is 110 Å². The molecular weight excluding hydrogens is 224 g/mol. The molecule has 98 valence electrons. The number of benzene rings is 1. The standard InChI is InChI=1S/C15H22N2O/c1-12-6-7-14(13(2)10-12)18-9-5-8-15(3,11-16)17-4/h6-7,10,17H,5,8-9H2,1-4H3. The van der Waals surface area contributed by atoms with Crippen LogP contribution in [0.1, 0.15) is 30.9 Å². The minimum Gasteiger partial charge on any atom is -0.493 e. The molecule has 0 amide bonds. The predicted octanol–water partition coefficient (Wildman–Crippen LogP) is 2.96. The summed E-state index contributed by atoms with van der Waals surface area (Å²) in [5, 5.41) is 12.1. The second-order valence-electron chi connectivity index (χ2n) is 4.91. The third-order valence-electron chi connectivity index (χ3n) is 3.21. The number of hydrogen-bond donors (Lipinski definition) is 1. The normalized spacial score (nSPS) is 13.7. The number of nitrogens with zero attached hydrogens (tertiary/aromatic N) is 1. The number of ether oxygens (including phenoxy) is 1. The van der Waals surface area contributed by atoms with Crippen LogP contribution in [0.3, 0.4) is 0 Å². The van der Waals surface area contributed by atoms with E-state index in [1.165, 1.54) is 5.56 Å². The Hall–Kier alpha value is -1.53. The second-order valence-corrected chi connectivity index (χ2v) is 4.91. The average molecular weight is 246 g/mol. The van der Waals surface area contributed by atoms with Crippen LogP contribution in [0.2, 0.25) is 0 Å². The van der Waals surface area contributed by atoms with Gasteiger partial charge in [-0.3, -0.25) is 0 Å². The molecule has 0 aliphatic carbocycles. The largest absolute Gasteiger partial charge is 0.493 e. The maximum atomic E-state index is 9.02. The molecule has 0 saturated heterocycles. The van der Waals surface area contributed by atoms with Crippen LogP contribution in [0.25, 0.3) is 0 Å². The summed E-state index contributed by atoms with van der Waals surface area (Å²) >= 11 is 0. The van der Waals surface area contributed by atoms with Crippen molar-refractivity contribution >= 4 is 0 Å². The van der Waals surface area contributed by atoms with Gasteiger partial charge in [0.1, 0.15) is 11.3 Å². The molecule has 1 aromatic carbocycles. The van der Waals surface area contributed by atoms with E-state index in [9.17, 15) is 0 Å². The lowest BCUT2D eigenvalue weighted by Crippen LogP contribution is -2.38. The van der Waals surface area contributed by atoms with Gasteiger partial charge in [0.2, 0.25) is 0 Å². The van der Waals surface area contributed by atoms with Crippen LogP contribution < -0.4 is 10.1 Å². The first-order valence-corrected chi connectivity index (χ1v) is 6.31. The number of rotatable bonds is 6. The number of nitrogens with one attached hydrogen (secondary N) is 1. The van der Waals surface area contributed by atoms with E-state index >= 15 is 0 Å². The molecule has 0 aromatic heterocycles. The zero-order valence-corrected chi connectivity index (χ0v) is 11.7. The number of aryl methyl sites for hydroxylation is 2. The molecule has 3 nitrogen and oxygen atoms in total. The van der Waals surface area contributed by atoms with E-state index in [0.29, 0.717) is 6.61 Å². The number of nitriles is 1. The summed E-state index contributed by atoms with van der Waals surface area (Å²) in [6.07, 6.45) is 1.64. The van der Waals surface area contributed by atoms with E-state index in [-0.39, 0.29) is 0 Å². The lowest BCUT2D eigenvalue weighted by Gasteiger charge is -2.20. The van der Waals surface area contributed by atoms with Gasteiger partial charge in [-0.1, -0.05) is 17.7 Å². The molecule has 1 unspecified atom stereocenters. The SMILES string of the molecule is CNC(C)(C#N)CCCOc1ccc(C)cc1C. The molecule has 0 aliphatic rings. The van der Waals surface area contributed by atoms with Crippen molar-refractivity contribution in [3.63, 3.8) is 0 Å². The molecule has 0 heterocycles. The fraction of sp³-hybridized carbons (Fsp3) is 0.533. The molecule has 0 spiro atoms. The molecular formula is C15H22N2O. The molecule has 1 atom stereocenters. The fourth-order valence-corrected chi connectivity index (χ4v) is 1.81. The lowest BCUT2D eigenvalue weighted by atomic mass is 9.98. The van der Waals surface area contributed by atoms with Crippen molar-refractivity contribution in [3.8, 4) is 11.8 Å². The van der Waals surface area contributed by atoms with Crippen LogP contribution in [0.5, 0.6) is 5.75 Å². The number of hydrogen-bond acceptors (Lipinski definition) is 3. The molecule has 3 heteroatoms. The highest BCUT2D eigenvalue weighted by Crippen LogP contribution is 2.19. The molecule has 0 aliphatic heterocycles. The van der Waals surface area contributed by atoms with Gasteiger partial charge in [-0.05, 0) is 52.3 Å². The van der Waals surface area contributed by atoms with Crippen molar-refractivity contribution in [3.05, 3.63) is 29.3 Å². The topological polar surface area (TPSA) is 45.0 Å². The van der Waals surface area contributed by atoms with Crippen LogP contribution in [0, 0.1) is 25.2 Å². The molecule has 1 rings (SSSR count). The van der Waals surface area contributed by atoms with Crippen LogP contribution in [0.4, 0.5) is 0 Å². The van der Waals surface area contributed by atoms with Crippen molar-refractivity contribution in [1.82, 2.24) is 5.32 Å². The van der Waals surface area contributed by atoms with E-state index in [0.717, 1.165) is 24.2 Å². The summed E-state index contributed by atoms with van der Waals surface area (Å²) in [5.41, 5.74) is 1.95. The zero-order chi connectivity index (χ0) is 13.6. The smallest absolute Gasteiger partial charge is 0.122 e. The van der Waals surface area contributed by atoms with E-state index in [1.54, 1.807) is 0 Å². The Kier molecular flexibility index (Phi) is 5.18. The Balaban J connectivity index is 2.41. The highest BCUT2D eigenvalue weighted by atomic mass is 16.5. The van der Waals surface area contributed by atoms with Crippen molar-refractivity contribution < 1.29 is 4.74 Å². The Morgan fingerprint density at radius 2 is 2.11 bits per heavy atom. The van der Waals surface area contributed by atoms with E-state index in [1.807, 2.05) is 20.0 Å². The lowest BCUT2D eigenvalue weighted by molar-refractivity contribution is 0.287. The van der Waals surface area contributed by atoms with Gasteiger partial charge < -0.3 is 10.1 Å². The van der Waals surface area contributed by atoms with Gasteiger partial charge in [-0.25, -0.2) is 0 Å². The van der Waals surface area contributed by atoms with E-state index in [2.05, 4.69) is 37.4 Å². The average Bonchev–Trinajstić information content (AvgIpc) is 2.36. The first-order valence-electron chi connectivity index (χ1n) is 6.31. The summed E-state index contributed by atoms with van der Waals surface area (Å²) in [5.74, 6) is 0.934. The monoisotopic (exact) mass is 246 g/mol. The van der Waals surface area contributed by atoms with Crippen LogP contribution in [-0.2, 0) is 0 Å². The quantitative estimate of drug-likeness (QED) is 0.785. The minimum atomic E-state index is -0.453. The Morgan fingerprint density at radius 3 is 2.67 bits per heavy atom. The van der Waals surface area contributed by atoms with Gasteiger partial charge >= 0.3 is 0 Å². The predicted molar refractivity (Wildman–Crippen MR) is 73.7 cm³/mol. The molecule has 0 radical (unpaired) electrons. The second kappa shape index (κ2) is 6.42. The molecule has 18 heavy (non-hydrogen) atoms. The van der Waals surface area contributed by atoms with E-state index in [4.69, 9.17) is 10.00 Å². The van der Waals surface area contributed by atoms with Gasteiger partial charge in [-0.15, -0.1) is 0 Å². The van der Waals surface area contributed by atoms with Crippen LogP contribution >= 0.6 is 0 Å². The van der Waals surface area contributed by atoms with Gasteiger partial charge in [0.15, 0.2) is 0 Å². The van der Waals surface area contributed by atoms with Crippen molar-refractivity contribution in [2.24, 2.45) is 0 Å². The highest BCUT2D eigenvalue weighted by Gasteiger charge is 2.20. The molecule has 0 saturated carbocycles. The summed E-state index contributed by atoms with van der Waals surface area (Å²) in [6.45, 7) is 6.67. The van der Waals surface area contributed by atoms with Crippen LogP contribution in [-0.4, -0.2) is 19.2 Å². The molecule has 1 aromatic rings. The summed E-state index contributed by atoms with van der Waals surface area (Å²) in [6, 6.07) is 8.45. The van der Waals surface area contributed by atoms with Crippen molar-refractivity contribution in [2.45, 2.75) is 39.2 Å². The first-order chi connectivity index (χ1) is 8.50. The van der Waals surface area contributed by atoms with Gasteiger partial charge in [0.25, 0.3) is 0 Å². The summed E-state index contributed by atoms with van der Waals surface area (Å²) in [4.78, 5) is 0. The third-order valence-corrected chi connectivity index (χ3v) is 3.21. The maximum Gasteiger partial charge on any atom is 0.122 e. The molecule has 0 bridgehead atoms. The minimum absolute atomic E-state index is 0.453. The fourth-order valence-electron chi connectivity index (χ4n) is 1.81. The van der Waals surface area contributed by atoms with Gasteiger partial charge in [-0.2, -0.15) is 5.26 Å². The molecule has 1 N–H and O–H groups in total. The van der Waals surface area contributed by atoms with Gasteiger partial charge in [0.05, 0.1) is 12.7 Å². The first kappa shape index (κ1) is 14.5. The zero-order valence-electron chi connectivity index (χ0n) is 11.7. The maximum absolute atomic E-state index is 9.02. The van der Waals surface area contributed by atoms with E-state index < -0.39 is 5.54 Å². The highest BCUT2D eigenvalue weighted by molar-refractivity contribution is 5.35. The van der Waals surface area contributed by atoms with Crippen molar-refractivity contribution in [1.29, 1.82) is 5.26 Å². The van der Waals surface area contributed by atoms with Crippen LogP contribution in [0.15, 0.2) is 18.2 Å². The Bertz CT molecular complexity index is 437. The molecule has 0 fully saturated rings. The van der Waals surface area contributed by atoms with Crippen molar-refractivity contribution in [2.75, 3.05) is 13.7 Å².